The molecule has 5 heteroatoms. The van der Waals surface area contributed by atoms with Crippen LogP contribution in [0.3, 0.4) is 0 Å². The molecule has 0 N–H and O–H groups in total. The fourth-order valence-electron chi connectivity index (χ4n) is 3.94. The maximum Gasteiger partial charge on any atom is 0.255 e. The number of hydrogen-bond acceptors (Lipinski definition) is 4. The summed E-state index contributed by atoms with van der Waals surface area (Å²) in [5.74, 6) is 0.572. The van der Waals surface area contributed by atoms with E-state index in [0.717, 1.165) is 29.8 Å². The monoisotopic (exact) mass is 393 g/mol. The average molecular weight is 394 g/mol. The van der Waals surface area contributed by atoms with Gasteiger partial charge in [0, 0.05) is 57.0 Å². The van der Waals surface area contributed by atoms with E-state index in [9.17, 15) is 9.59 Å². The number of amides is 1. The molecular formula is C24H31N3O2. The number of pyridine rings is 1. The van der Waals surface area contributed by atoms with Crippen molar-refractivity contribution >= 4 is 17.4 Å². The van der Waals surface area contributed by atoms with Gasteiger partial charge in [-0.2, -0.15) is 0 Å². The average Bonchev–Trinajstić information content (AvgIpc) is 2.73. The number of para-hydroxylation sites is 1. The quantitative estimate of drug-likeness (QED) is 0.735. The lowest BCUT2D eigenvalue weighted by Crippen LogP contribution is -2.42. The molecular weight excluding hydrogens is 362 g/mol. The van der Waals surface area contributed by atoms with E-state index in [0.29, 0.717) is 31.0 Å². The lowest BCUT2D eigenvalue weighted by molar-refractivity contribution is -0.124. The second-order valence-electron chi connectivity index (χ2n) is 8.50. The topological polar surface area (TPSA) is 53.5 Å². The Balaban J connectivity index is 1.73. The van der Waals surface area contributed by atoms with Gasteiger partial charge in [-0.05, 0) is 37.0 Å². The highest BCUT2D eigenvalue weighted by atomic mass is 16.2. The van der Waals surface area contributed by atoms with Crippen molar-refractivity contribution < 1.29 is 9.59 Å². The van der Waals surface area contributed by atoms with Gasteiger partial charge in [0.15, 0.2) is 0 Å². The Morgan fingerprint density at radius 2 is 1.93 bits per heavy atom. The van der Waals surface area contributed by atoms with Gasteiger partial charge in [-0.15, -0.1) is 0 Å². The van der Waals surface area contributed by atoms with Crippen LogP contribution in [0.1, 0.15) is 43.5 Å². The lowest BCUT2D eigenvalue weighted by Gasteiger charge is -2.32. The number of ketones is 1. The third kappa shape index (κ3) is 5.03. The smallest absolute Gasteiger partial charge is 0.255 e. The first-order chi connectivity index (χ1) is 13.9. The molecule has 154 valence electrons. The lowest BCUT2D eigenvalue weighted by atomic mass is 9.89. The first kappa shape index (κ1) is 21.0. The highest BCUT2D eigenvalue weighted by Gasteiger charge is 2.29. The molecule has 5 nitrogen and oxygen atoms in total. The second-order valence-corrected chi connectivity index (χ2v) is 8.50. The van der Waals surface area contributed by atoms with Crippen molar-refractivity contribution in [2.24, 2.45) is 11.8 Å². The summed E-state index contributed by atoms with van der Waals surface area (Å²) in [6.45, 7) is 5.35. The Morgan fingerprint density at radius 1 is 1.17 bits per heavy atom. The van der Waals surface area contributed by atoms with Gasteiger partial charge in [0.05, 0.1) is 11.3 Å². The van der Waals surface area contributed by atoms with Crippen LogP contribution in [0.2, 0.25) is 0 Å². The van der Waals surface area contributed by atoms with Crippen LogP contribution < -0.4 is 4.90 Å². The molecule has 0 spiro atoms. The molecule has 2 heterocycles. The molecule has 0 radical (unpaired) electrons. The van der Waals surface area contributed by atoms with Gasteiger partial charge < -0.3 is 9.80 Å². The van der Waals surface area contributed by atoms with E-state index in [2.05, 4.69) is 29.8 Å². The molecule has 0 unspecified atom stereocenters. The van der Waals surface area contributed by atoms with Crippen molar-refractivity contribution in [2.45, 2.75) is 33.1 Å². The number of Topliss-reactive ketones (excluding diaryl/α,β-unsaturated/α-hetero) is 1. The normalized spacial score (nSPS) is 16.7. The molecule has 1 saturated heterocycles. The molecule has 1 aromatic carbocycles. The largest absolute Gasteiger partial charge is 0.377 e. The van der Waals surface area contributed by atoms with E-state index in [1.807, 2.05) is 49.3 Å². The number of likely N-dealkylation sites (tertiary alicyclic amines) is 1. The molecule has 3 rings (SSSR count). The third-order valence-electron chi connectivity index (χ3n) is 5.45. The zero-order valence-electron chi connectivity index (χ0n) is 17.9. The van der Waals surface area contributed by atoms with Crippen molar-refractivity contribution in [2.75, 3.05) is 32.1 Å². The van der Waals surface area contributed by atoms with Crippen molar-refractivity contribution in [1.82, 2.24) is 9.88 Å². The second kappa shape index (κ2) is 9.21. The molecule has 0 saturated carbocycles. The Bertz CT molecular complexity index is 859. The van der Waals surface area contributed by atoms with Crippen LogP contribution in [0, 0.1) is 11.8 Å². The van der Waals surface area contributed by atoms with Crippen molar-refractivity contribution in [3.05, 3.63) is 48.2 Å². The Labute approximate surface area is 173 Å². The van der Waals surface area contributed by atoms with Gasteiger partial charge in [-0.25, -0.2) is 0 Å². The van der Waals surface area contributed by atoms with E-state index in [1.165, 1.54) is 0 Å². The van der Waals surface area contributed by atoms with Gasteiger partial charge in [0.25, 0.3) is 5.91 Å². The van der Waals surface area contributed by atoms with Crippen molar-refractivity contribution in [3.63, 3.8) is 0 Å². The van der Waals surface area contributed by atoms with Gasteiger partial charge in [-0.3, -0.25) is 14.6 Å². The van der Waals surface area contributed by atoms with Crippen LogP contribution in [-0.4, -0.2) is 48.8 Å². The minimum atomic E-state index is -0.0352. The van der Waals surface area contributed by atoms with E-state index >= 15 is 0 Å². The molecule has 0 aliphatic carbocycles. The summed E-state index contributed by atoms with van der Waals surface area (Å²) in [5, 5.41) is 0. The molecule has 1 aromatic heterocycles. The third-order valence-corrected chi connectivity index (χ3v) is 5.45. The van der Waals surface area contributed by atoms with Crippen LogP contribution in [0.25, 0.3) is 11.3 Å². The Morgan fingerprint density at radius 3 is 2.59 bits per heavy atom. The van der Waals surface area contributed by atoms with Crippen molar-refractivity contribution in [3.8, 4) is 11.3 Å². The maximum absolute atomic E-state index is 13.0. The summed E-state index contributed by atoms with van der Waals surface area (Å²) in [4.78, 5) is 33.9. The number of benzene rings is 1. The molecule has 1 fully saturated rings. The number of carbonyl (C=O) groups excluding carboxylic acids is 2. The molecule has 1 amide bonds. The molecule has 29 heavy (non-hydrogen) atoms. The van der Waals surface area contributed by atoms with Crippen LogP contribution in [0.4, 0.5) is 5.69 Å². The van der Waals surface area contributed by atoms with Crippen LogP contribution >= 0.6 is 0 Å². The predicted octanol–water partition coefficient (Wildman–Crippen LogP) is 4.28. The number of piperidine rings is 1. The van der Waals surface area contributed by atoms with E-state index in [-0.39, 0.29) is 17.6 Å². The number of anilines is 1. The summed E-state index contributed by atoms with van der Waals surface area (Å²) in [6, 6.07) is 11.8. The zero-order chi connectivity index (χ0) is 21.0. The number of hydrogen-bond donors (Lipinski definition) is 0. The summed E-state index contributed by atoms with van der Waals surface area (Å²) in [5.41, 5.74) is 3.54. The molecule has 1 atom stereocenters. The van der Waals surface area contributed by atoms with E-state index < -0.39 is 0 Å². The highest BCUT2D eigenvalue weighted by Crippen LogP contribution is 2.28. The van der Waals surface area contributed by atoms with Crippen LogP contribution in [0.15, 0.2) is 42.6 Å². The molecule has 1 aliphatic rings. The zero-order valence-corrected chi connectivity index (χ0v) is 17.9. The van der Waals surface area contributed by atoms with Gasteiger partial charge in [-0.1, -0.05) is 32.0 Å². The summed E-state index contributed by atoms with van der Waals surface area (Å²) in [6.07, 6.45) is 4.01. The maximum atomic E-state index is 13.0. The molecule has 1 aliphatic heterocycles. The first-order valence-corrected chi connectivity index (χ1v) is 10.4. The van der Waals surface area contributed by atoms with Gasteiger partial charge >= 0.3 is 0 Å². The van der Waals surface area contributed by atoms with E-state index in [4.69, 9.17) is 0 Å². The Hall–Kier alpha value is -2.69. The number of nitrogens with zero attached hydrogens (tertiary/aromatic N) is 3. The van der Waals surface area contributed by atoms with Gasteiger partial charge in [0.2, 0.25) is 0 Å². The minimum absolute atomic E-state index is 0.0331. The van der Waals surface area contributed by atoms with Gasteiger partial charge in [0.1, 0.15) is 5.78 Å². The summed E-state index contributed by atoms with van der Waals surface area (Å²) >= 11 is 0. The van der Waals surface area contributed by atoms with E-state index in [1.54, 1.807) is 6.20 Å². The predicted molar refractivity (Wildman–Crippen MR) is 117 cm³/mol. The first-order valence-electron chi connectivity index (χ1n) is 10.4. The fourth-order valence-corrected chi connectivity index (χ4v) is 3.94. The number of carbonyl (C=O) groups is 2. The number of rotatable bonds is 6. The number of aromatic nitrogens is 1. The molecule has 2 aromatic rings. The highest BCUT2D eigenvalue weighted by molar-refractivity contribution is 5.95. The Kier molecular flexibility index (Phi) is 6.68. The molecule has 0 bridgehead atoms. The summed E-state index contributed by atoms with van der Waals surface area (Å²) < 4.78 is 0. The summed E-state index contributed by atoms with van der Waals surface area (Å²) in [7, 11) is 4.01. The minimum Gasteiger partial charge on any atom is -0.377 e. The SMILES string of the molecule is CC(C)CC(=O)[C@H]1CCCN(C(=O)c2ccc(-c3ccccc3N(C)C)nc2)C1. The fraction of sp³-hybridized carbons (Fsp3) is 0.458. The standard InChI is InChI=1S/C24H31N3O2/c1-17(2)14-23(28)19-8-7-13-27(16-19)24(29)18-11-12-21(25-15-18)20-9-5-6-10-22(20)26(3)4/h5-6,9-12,15,17,19H,7-8,13-14,16H2,1-4H3/t19-/m0/s1. The van der Waals surface area contributed by atoms with Crippen LogP contribution in [0.5, 0.6) is 0 Å². The van der Waals surface area contributed by atoms with Crippen LogP contribution in [-0.2, 0) is 4.79 Å². The van der Waals surface area contributed by atoms with Crippen molar-refractivity contribution in [1.29, 1.82) is 0 Å².